The molecule has 0 radical (unpaired) electrons. The maximum atomic E-state index is 11.6. The van der Waals surface area contributed by atoms with Gasteiger partial charge in [0.2, 0.25) is 0 Å². The number of carboxylic acid groups (broad SMARTS) is 1. The molecule has 0 aliphatic carbocycles. The van der Waals surface area contributed by atoms with Crippen molar-refractivity contribution in [2.24, 2.45) is 0 Å². The molecule has 3 rings (SSSR count). The van der Waals surface area contributed by atoms with Gasteiger partial charge in [-0.05, 0) is 36.8 Å². The Kier molecular flexibility index (Phi) is 4.09. The fraction of sp³-hybridized carbons (Fsp3) is 0.118. The third-order valence-electron chi connectivity index (χ3n) is 3.32. The van der Waals surface area contributed by atoms with E-state index in [9.17, 15) is 9.90 Å². The number of fused-ring (bicyclic) bond motifs is 1. The molecule has 0 bridgehead atoms. The van der Waals surface area contributed by atoms with Crippen LogP contribution in [0.5, 0.6) is 5.75 Å². The second kappa shape index (κ2) is 6.02. The van der Waals surface area contributed by atoms with Crippen molar-refractivity contribution < 1.29 is 14.6 Å². The molecule has 1 aromatic heterocycles. The van der Waals surface area contributed by atoms with E-state index in [1.165, 1.54) is 23.1 Å². The first-order valence-corrected chi connectivity index (χ1v) is 8.30. The van der Waals surface area contributed by atoms with Gasteiger partial charge in [-0.2, -0.15) is 0 Å². The largest absolute Gasteiger partial charge is 0.496 e. The zero-order chi connectivity index (χ0) is 15.7. The van der Waals surface area contributed by atoms with Gasteiger partial charge in [0.15, 0.2) is 0 Å². The summed E-state index contributed by atoms with van der Waals surface area (Å²) in [7, 11) is 1.63. The number of aryl methyl sites for hydroxylation is 1. The van der Waals surface area contributed by atoms with Crippen molar-refractivity contribution in [3.8, 4) is 5.75 Å². The Labute approximate surface area is 136 Å². The minimum Gasteiger partial charge on any atom is -0.496 e. The van der Waals surface area contributed by atoms with Gasteiger partial charge in [0.1, 0.15) is 10.6 Å². The maximum Gasteiger partial charge on any atom is 0.347 e. The molecule has 0 unspecified atom stereocenters. The Morgan fingerprint density at radius 3 is 2.59 bits per heavy atom. The van der Waals surface area contributed by atoms with Gasteiger partial charge in [-0.1, -0.05) is 30.0 Å². The fourth-order valence-electron chi connectivity index (χ4n) is 2.27. The number of ether oxygens (including phenoxy) is 1. The van der Waals surface area contributed by atoms with Crippen molar-refractivity contribution in [1.29, 1.82) is 0 Å². The summed E-state index contributed by atoms with van der Waals surface area (Å²) in [5, 5.41) is 10.4. The number of hydrogen-bond donors (Lipinski definition) is 1. The van der Waals surface area contributed by atoms with Crippen LogP contribution in [0.1, 0.15) is 15.2 Å². The molecule has 112 valence electrons. The number of rotatable bonds is 4. The quantitative estimate of drug-likeness (QED) is 0.725. The summed E-state index contributed by atoms with van der Waals surface area (Å²) in [5.41, 5.74) is 1.00. The number of hydrogen-bond acceptors (Lipinski definition) is 4. The van der Waals surface area contributed by atoms with E-state index in [4.69, 9.17) is 4.74 Å². The van der Waals surface area contributed by atoms with Gasteiger partial charge < -0.3 is 9.84 Å². The van der Waals surface area contributed by atoms with Crippen LogP contribution in [0.4, 0.5) is 0 Å². The number of thiophene rings is 1. The van der Waals surface area contributed by atoms with Gasteiger partial charge in [0, 0.05) is 19.9 Å². The molecular formula is C17H14O3S2. The Balaban J connectivity index is 2.20. The second-order valence-electron chi connectivity index (χ2n) is 4.80. The molecule has 0 amide bonds. The third kappa shape index (κ3) is 2.69. The number of carbonyl (C=O) groups is 1. The van der Waals surface area contributed by atoms with Gasteiger partial charge in [0.05, 0.1) is 7.11 Å². The lowest BCUT2D eigenvalue weighted by Gasteiger charge is -2.06. The highest BCUT2D eigenvalue weighted by Crippen LogP contribution is 2.43. The standard InChI is InChI=1S/C17H14O3S2/c1-10-8-14-12(9-13(10)20-2)15(16(22-14)17(18)19)21-11-6-4-3-5-7-11/h3-9H,1-2H3,(H,18,19). The fourth-order valence-corrected chi connectivity index (χ4v) is 4.59. The van der Waals surface area contributed by atoms with Crippen LogP contribution in [0, 0.1) is 6.92 Å². The van der Waals surface area contributed by atoms with Crippen LogP contribution >= 0.6 is 23.1 Å². The number of aromatic carboxylic acids is 1. The summed E-state index contributed by atoms with van der Waals surface area (Å²) >= 11 is 2.79. The SMILES string of the molecule is COc1cc2c(Sc3ccccc3)c(C(=O)O)sc2cc1C. The van der Waals surface area contributed by atoms with Crippen LogP contribution in [-0.2, 0) is 0 Å². The Hall–Kier alpha value is -1.98. The van der Waals surface area contributed by atoms with Gasteiger partial charge in [-0.15, -0.1) is 11.3 Å². The maximum absolute atomic E-state index is 11.6. The summed E-state index contributed by atoms with van der Waals surface area (Å²) in [6, 6.07) is 13.7. The molecule has 1 N–H and O–H groups in total. The highest BCUT2D eigenvalue weighted by molar-refractivity contribution is 7.99. The lowest BCUT2D eigenvalue weighted by atomic mass is 10.1. The minimum atomic E-state index is -0.892. The monoisotopic (exact) mass is 330 g/mol. The highest BCUT2D eigenvalue weighted by Gasteiger charge is 2.20. The van der Waals surface area contributed by atoms with E-state index in [0.29, 0.717) is 4.88 Å². The summed E-state index contributed by atoms with van der Waals surface area (Å²) in [6.07, 6.45) is 0. The van der Waals surface area contributed by atoms with E-state index >= 15 is 0 Å². The Morgan fingerprint density at radius 2 is 1.95 bits per heavy atom. The highest BCUT2D eigenvalue weighted by atomic mass is 32.2. The molecule has 0 saturated heterocycles. The number of carboxylic acids is 1. The molecule has 0 saturated carbocycles. The Bertz CT molecular complexity index is 838. The summed E-state index contributed by atoms with van der Waals surface area (Å²) in [5.74, 6) is -0.117. The van der Waals surface area contributed by atoms with Crippen molar-refractivity contribution in [2.45, 2.75) is 16.7 Å². The zero-order valence-corrected chi connectivity index (χ0v) is 13.8. The van der Waals surface area contributed by atoms with E-state index in [0.717, 1.165) is 31.2 Å². The molecule has 3 aromatic rings. The van der Waals surface area contributed by atoms with Gasteiger partial charge in [0.25, 0.3) is 0 Å². The minimum absolute atomic E-state index is 0.372. The normalized spacial score (nSPS) is 10.8. The van der Waals surface area contributed by atoms with Crippen molar-refractivity contribution in [1.82, 2.24) is 0 Å². The zero-order valence-electron chi connectivity index (χ0n) is 12.1. The van der Waals surface area contributed by atoms with Crippen molar-refractivity contribution in [3.05, 3.63) is 52.9 Å². The second-order valence-corrected chi connectivity index (χ2v) is 6.93. The van der Waals surface area contributed by atoms with Crippen molar-refractivity contribution in [2.75, 3.05) is 7.11 Å². The average molecular weight is 330 g/mol. The van der Waals surface area contributed by atoms with Crippen LogP contribution in [0.25, 0.3) is 10.1 Å². The lowest BCUT2D eigenvalue weighted by Crippen LogP contribution is -1.93. The van der Waals surface area contributed by atoms with Gasteiger partial charge in [-0.25, -0.2) is 4.79 Å². The van der Waals surface area contributed by atoms with Crippen LogP contribution in [0.15, 0.2) is 52.3 Å². The lowest BCUT2D eigenvalue weighted by molar-refractivity contribution is 0.0699. The van der Waals surface area contributed by atoms with Gasteiger partial charge >= 0.3 is 5.97 Å². The van der Waals surface area contributed by atoms with Crippen LogP contribution in [-0.4, -0.2) is 18.2 Å². The average Bonchev–Trinajstić information content (AvgIpc) is 2.85. The summed E-state index contributed by atoms with van der Waals surface area (Å²) in [4.78, 5) is 13.8. The molecule has 5 heteroatoms. The summed E-state index contributed by atoms with van der Waals surface area (Å²) in [6.45, 7) is 1.96. The molecule has 0 aliphatic rings. The molecule has 22 heavy (non-hydrogen) atoms. The first-order chi connectivity index (χ1) is 10.6. The molecular weight excluding hydrogens is 316 g/mol. The molecule has 0 spiro atoms. The van der Waals surface area contributed by atoms with Crippen molar-refractivity contribution in [3.63, 3.8) is 0 Å². The number of methoxy groups -OCH3 is 1. The molecule has 3 nitrogen and oxygen atoms in total. The molecule has 1 heterocycles. The molecule has 0 aliphatic heterocycles. The molecule has 0 atom stereocenters. The predicted octanol–water partition coefficient (Wildman–Crippen LogP) is 5.07. The predicted molar refractivity (Wildman–Crippen MR) is 90.6 cm³/mol. The van der Waals surface area contributed by atoms with E-state index in [-0.39, 0.29) is 0 Å². The van der Waals surface area contributed by atoms with Crippen LogP contribution in [0.2, 0.25) is 0 Å². The smallest absolute Gasteiger partial charge is 0.347 e. The van der Waals surface area contributed by atoms with E-state index < -0.39 is 5.97 Å². The van der Waals surface area contributed by atoms with E-state index in [2.05, 4.69) is 0 Å². The van der Waals surface area contributed by atoms with Crippen LogP contribution < -0.4 is 4.74 Å². The first-order valence-electron chi connectivity index (χ1n) is 6.67. The topological polar surface area (TPSA) is 46.5 Å². The molecule has 0 fully saturated rings. The number of benzene rings is 2. The molecule has 2 aromatic carbocycles. The summed E-state index contributed by atoms with van der Waals surface area (Å²) < 4.78 is 6.34. The van der Waals surface area contributed by atoms with Crippen LogP contribution in [0.3, 0.4) is 0 Å². The Morgan fingerprint density at radius 1 is 1.23 bits per heavy atom. The van der Waals surface area contributed by atoms with Crippen molar-refractivity contribution >= 4 is 39.2 Å². The van der Waals surface area contributed by atoms with Gasteiger partial charge in [-0.3, -0.25) is 0 Å². The van der Waals surface area contributed by atoms with E-state index in [1.54, 1.807) is 7.11 Å². The first kappa shape index (κ1) is 14.9. The van der Waals surface area contributed by atoms with E-state index in [1.807, 2.05) is 49.4 Å². The third-order valence-corrected chi connectivity index (χ3v) is 5.72.